The third kappa shape index (κ3) is 2.00. The quantitative estimate of drug-likeness (QED) is 0.556. The van der Waals surface area contributed by atoms with Crippen molar-refractivity contribution in [2.45, 2.75) is 19.6 Å². The minimum absolute atomic E-state index is 0.293. The predicted octanol–water partition coefficient (Wildman–Crippen LogP) is 3.91. The van der Waals surface area contributed by atoms with Crippen molar-refractivity contribution in [3.63, 3.8) is 0 Å². The molecule has 2 rings (SSSR count). The van der Waals surface area contributed by atoms with E-state index in [2.05, 4.69) is 55.5 Å². The van der Waals surface area contributed by atoms with Gasteiger partial charge in [0, 0.05) is 31.2 Å². The number of nitrogens with zero attached hydrogens (tertiary/aromatic N) is 2. The van der Waals surface area contributed by atoms with Gasteiger partial charge < -0.3 is 0 Å². The van der Waals surface area contributed by atoms with Crippen LogP contribution in [0.1, 0.15) is 5.56 Å². The van der Waals surface area contributed by atoms with E-state index in [1.54, 1.807) is 0 Å². The molecule has 0 fully saturated rings. The zero-order valence-electron chi connectivity index (χ0n) is 8.14. The summed E-state index contributed by atoms with van der Waals surface area (Å²) in [5.41, 5.74) is 0.854. The monoisotopic (exact) mass is 316 g/mol. The van der Waals surface area contributed by atoms with E-state index in [-0.39, 0.29) is 0 Å². The maximum absolute atomic E-state index is 8.91. The third-order valence-electron chi connectivity index (χ3n) is 2.27. The highest BCUT2D eigenvalue weighted by atomic mass is 35.5. The van der Waals surface area contributed by atoms with Gasteiger partial charge in [-0.15, -0.1) is 50.5 Å². The lowest BCUT2D eigenvalue weighted by atomic mass is 10.1. The van der Waals surface area contributed by atoms with E-state index in [1.807, 2.05) is 6.07 Å². The van der Waals surface area contributed by atoms with Crippen molar-refractivity contribution in [2.24, 2.45) is 0 Å². The topological polar surface area (TPSA) is 36.7 Å². The van der Waals surface area contributed by atoms with Gasteiger partial charge in [-0.25, -0.2) is 0 Å². The summed E-state index contributed by atoms with van der Waals surface area (Å²) < 4.78 is 0. The first-order chi connectivity index (χ1) is 7.99. The number of fused-ring (bicyclic) bond motifs is 1. The number of halogens is 1. The molecule has 0 aliphatic carbocycles. The number of hydrogen-bond acceptors (Lipinski definition) is 6. The first-order valence-electron chi connectivity index (χ1n) is 4.33. The Morgan fingerprint density at radius 2 is 1.65 bits per heavy atom. The van der Waals surface area contributed by atoms with E-state index >= 15 is 0 Å². The minimum Gasteiger partial charge on any atom is -0.254 e. The zero-order valence-corrected chi connectivity index (χ0v) is 12.5. The molecular formula is C10H5ClN2S4. The Labute approximate surface area is 125 Å². The molecule has 0 aliphatic rings. The molecule has 0 radical (unpaired) electrons. The Bertz CT molecular complexity index is 679. The minimum atomic E-state index is 0.293. The summed E-state index contributed by atoms with van der Waals surface area (Å²) in [6.07, 6.45) is 1.41. The van der Waals surface area contributed by atoms with Crippen LogP contribution in [0.2, 0.25) is 5.02 Å². The Hall–Kier alpha value is -0.190. The van der Waals surface area contributed by atoms with Crippen molar-refractivity contribution in [1.82, 2.24) is 4.98 Å². The molecule has 0 atom stereocenters. The van der Waals surface area contributed by atoms with E-state index in [1.165, 1.54) is 6.20 Å². The maximum Gasteiger partial charge on any atom is 0.102 e. The van der Waals surface area contributed by atoms with Crippen molar-refractivity contribution in [3.05, 3.63) is 16.8 Å². The predicted molar refractivity (Wildman–Crippen MR) is 80.5 cm³/mol. The van der Waals surface area contributed by atoms with E-state index in [0.29, 0.717) is 41.1 Å². The van der Waals surface area contributed by atoms with E-state index < -0.39 is 0 Å². The van der Waals surface area contributed by atoms with Gasteiger partial charge in [-0.1, -0.05) is 11.6 Å². The standard InChI is InChI=1S/C10H5ClN2S4/c11-5-3(1-12)2-13-6-4(5)7(14)9(16)10(17)8(6)15/h2,14-17H. The highest BCUT2D eigenvalue weighted by Gasteiger charge is 2.17. The van der Waals surface area contributed by atoms with Gasteiger partial charge in [0.1, 0.15) is 6.07 Å². The zero-order chi connectivity index (χ0) is 12.7. The smallest absolute Gasteiger partial charge is 0.102 e. The molecule has 86 valence electrons. The fourth-order valence-corrected chi connectivity index (χ4v) is 2.99. The van der Waals surface area contributed by atoms with E-state index in [9.17, 15) is 0 Å². The van der Waals surface area contributed by atoms with Crippen LogP contribution in [-0.2, 0) is 0 Å². The largest absolute Gasteiger partial charge is 0.254 e. The number of rotatable bonds is 0. The van der Waals surface area contributed by atoms with Gasteiger partial charge in [-0.3, -0.25) is 4.98 Å². The molecule has 0 amide bonds. The third-order valence-corrected chi connectivity index (χ3v) is 4.97. The molecule has 0 spiro atoms. The number of thiol groups is 4. The van der Waals surface area contributed by atoms with Crippen LogP contribution in [0.15, 0.2) is 25.8 Å². The molecule has 1 aromatic heterocycles. The number of pyridine rings is 1. The molecular weight excluding hydrogens is 312 g/mol. The van der Waals surface area contributed by atoms with Crippen molar-refractivity contribution in [1.29, 1.82) is 5.26 Å². The highest BCUT2D eigenvalue weighted by molar-refractivity contribution is 7.86. The van der Waals surface area contributed by atoms with Crippen LogP contribution in [0.25, 0.3) is 10.9 Å². The Morgan fingerprint density at radius 1 is 1.06 bits per heavy atom. The second-order valence-corrected chi connectivity index (χ2v) is 5.38. The van der Waals surface area contributed by atoms with Crippen LogP contribution in [0.5, 0.6) is 0 Å². The molecule has 0 aliphatic heterocycles. The van der Waals surface area contributed by atoms with Gasteiger partial charge in [0.25, 0.3) is 0 Å². The van der Waals surface area contributed by atoms with Crippen LogP contribution in [0, 0.1) is 11.3 Å². The molecule has 2 aromatic rings. The lowest BCUT2D eigenvalue weighted by Gasteiger charge is -2.12. The first-order valence-corrected chi connectivity index (χ1v) is 6.49. The summed E-state index contributed by atoms with van der Waals surface area (Å²) in [4.78, 5) is 6.42. The number of benzene rings is 1. The van der Waals surface area contributed by atoms with Gasteiger partial charge in [-0.05, 0) is 0 Å². The molecule has 0 unspecified atom stereocenters. The Kier molecular flexibility index (Phi) is 3.76. The summed E-state index contributed by atoms with van der Waals surface area (Å²) in [7, 11) is 0. The van der Waals surface area contributed by atoms with Gasteiger partial charge in [-0.2, -0.15) is 5.26 Å². The highest BCUT2D eigenvalue weighted by Crippen LogP contribution is 2.41. The normalized spacial score (nSPS) is 10.6. The van der Waals surface area contributed by atoms with Gasteiger partial charge in [0.05, 0.1) is 16.1 Å². The summed E-state index contributed by atoms with van der Waals surface area (Å²) in [6, 6.07) is 1.97. The molecule has 7 heteroatoms. The van der Waals surface area contributed by atoms with E-state index in [4.69, 9.17) is 16.9 Å². The van der Waals surface area contributed by atoms with Crippen LogP contribution in [0.3, 0.4) is 0 Å². The van der Waals surface area contributed by atoms with Crippen LogP contribution < -0.4 is 0 Å². The second-order valence-electron chi connectivity index (χ2n) is 3.22. The fraction of sp³-hybridized carbons (Fsp3) is 0. The van der Waals surface area contributed by atoms with Gasteiger partial charge in [0.2, 0.25) is 0 Å². The summed E-state index contributed by atoms with van der Waals surface area (Å²) in [5.74, 6) is 0. The molecule has 17 heavy (non-hydrogen) atoms. The average molecular weight is 317 g/mol. The molecule has 0 bridgehead atoms. The molecule has 0 N–H and O–H groups in total. The SMILES string of the molecule is N#Cc1cnc2c(S)c(S)c(S)c(S)c2c1Cl. The van der Waals surface area contributed by atoms with Crippen LogP contribution in [-0.4, -0.2) is 4.98 Å². The molecule has 0 saturated carbocycles. The fourth-order valence-electron chi connectivity index (χ4n) is 1.42. The molecule has 2 nitrogen and oxygen atoms in total. The Balaban J connectivity index is 3.08. The van der Waals surface area contributed by atoms with Crippen LogP contribution in [0.4, 0.5) is 0 Å². The summed E-state index contributed by atoms with van der Waals surface area (Å²) >= 11 is 23.4. The average Bonchev–Trinajstić information content (AvgIpc) is 2.33. The Morgan fingerprint density at radius 3 is 2.24 bits per heavy atom. The van der Waals surface area contributed by atoms with Crippen LogP contribution >= 0.6 is 62.1 Å². The number of hydrogen-bond donors (Lipinski definition) is 4. The van der Waals surface area contributed by atoms with Gasteiger partial charge in [0.15, 0.2) is 0 Å². The van der Waals surface area contributed by atoms with Crippen molar-refractivity contribution < 1.29 is 0 Å². The lowest BCUT2D eigenvalue weighted by molar-refractivity contribution is 1.08. The second kappa shape index (κ2) is 4.82. The lowest BCUT2D eigenvalue weighted by Crippen LogP contribution is -1.91. The number of nitriles is 1. The molecule has 1 aromatic carbocycles. The number of aromatic nitrogens is 1. The molecule has 1 heterocycles. The first kappa shape index (κ1) is 13.2. The summed E-state index contributed by atoms with van der Waals surface area (Å²) in [6.45, 7) is 0. The van der Waals surface area contributed by atoms with Crippen molar-refractivity contribution in [3.8, 4) is 6.07 Å². The van der Waals surface area contributed by atoms with Crippen molar-refractivity contribution >= 4 is 73.0 Å². The van der Waals surface area contributed by atoms with E-state index in [0.717, 1.165) is 0 Å². The van der Waals surface area contributed by atoms with Crippen molar-refractivity contribution in [2.75, 3.05) is 0 Å². The maximum atomic E-state index is 8.91. The molecule has 0 saturated heterocycles. The summed E-state index contributed by atoms with van der Waals surface area (Å²) in [5, 5.41) is 9.79. The van der Waals surface area contributed by atoms with Gasteiger partial charge >= 0.3 is 0 Å².